The summed E-state index contributed by atoms with van der Waals surface area (Å²) in [7, 11) is 2.07. The molecule has 0 aliphatic carbocycles. The Hall–Kier alpha value is -1.29. The van der Waals surface area contributed by atoms with E-state index in [9.17, 15) is 4.79 Å². The first-order valence-corrected chi connectivity index (χ1v) is 5.87. The number of aryl methyl sites for hydroxylation is 1. The molecule has 0 radical (unpaired) electrons. The predicted octanol–water partition coefficient (Wildman–Crippen LogP) is 0.158. The summed E-state index contributed by atoms with van der Waals surface area (Å²) in [6.45, 7) is 3.58. The molecule has 2 N–H and O–H groups in total. The maximum atomic E-state index is 10.7. The number of hydrogen-bond acceptors (Lipinski definition) is 3. The summed E-state index contributed by atoms with van der Waals surface area (Å²) in [5.41, 5.74) is 8.12. The van der Waals surface area contributed by atoms with Crippen molar-refractivity contribution in [3.63, 3.8) is 0 Å². The first kappa shape index (κ1) is 13.8. The highest BCUT2D eigenvalue weighted by atomic mass is 16.5. The van der Waals surface area contributed by atoms with Crippen molar-refractivity contribution >= 4 is 19.3 Å². The lowest BCUT2D eigenvalue weighted by atomic mass is 9.92. The zero-order valence-electron chi connectivity index (χ0n) is 10.8. The molecule has 0 amide bonds. The number of esters is 1. The number of benzene rings is 1. The first-order chi connectivity index (χ1) is 7.89. The Morgan fingerprint density at radius 3 is 2.53 bits per heavy atom. The predicted molar refractivity (Wildman–Crippen MR) is 72.2 cm³/mol. The second-order valence-corrected chi connectivity index (χ2v) is 4.92. The van der Waals surface area contributed by atoms with Crippen molar-refractivity contribution in [1.29, 1.82) is 0 Å². The number of carbonyl (C=O) groups excluding carboxylic acids is 1. The van der Waals surface area contributed by atoms with Crippen LogP contribution in [0.1, 0.15) is 25.8 Å². The number of carbonyl (C=O) groups is 1. The van der Waals surface area contributed by atoms with E-state index in [-0.39, 0.29) is 12.6 Å². The number of hydrogen-bond donors (Lipinski definition) is 1. The fourth-order valence-corrected chi connectivity index (χ4v) is 1.52. The van der Waals surface area contributed by atoms with Gasteiger partial charge in [0, 0.05) is 12.5 Å². The van der Waals surface area contributed by atoms with E-state index in [1.54, 1.807) is 0 Å². The van der Waals surface area contributed by atoms with Crippen LogP contribution < -0.4 is 11.2 Å². The van der Waals surface area contributed by atoms with Gasteiger partial charge in [0.25, 0.3) is 0 Å². The Balaban J connectivity index is 2.43. The largest absolute Gasteiger partial charge is 0.464 e. The van der Waals surface area contributed by atoms with Crippen LogP contribution >= 0.6 is 0 Å². The van der Waals surface area contributed by atoms with Crippen LogP contribution in [-0.4, -0.2) is 26.0 Å². The lowest BCUT2D eigenvalue weighted by Crippen LogP contribution is -2.42. The van der Waals surface area contributed by atoms with Gasteiger partial charge in [0.2, 0.25) is 0 Å². The molecule has 0 heterocycles. The molecule has 17 heavy (non-hydrogen) atoms. The van der Waals surface area contributed by atoms with Gasteiger partial charge in [-0.05, 0) is 25.3 Å². The highest BCUT2D eigenvalue weighted by Gasteiger charge is 2.19. The van der Waals surface area contributed by atoms with Crippen LogP contribution in [0.15, 0.2) is 24.3 Å². The van der Waals surface area contributed by atoms with Crippen LogP contribution in [0.4, 0.5) is 0 Å². The van der Waals surface area contributed by atoms with E-state index in [4.69, 9.17) is 10.5 Å². The Morgan fingerprint density at radius 2 is 2.00 bits per heavy atom. The van der Waals surface area contributed by atoms with Crippen molar-refractivity contribution in [3.05, 3.63) is 29.8 Å². The normalized spacial score (nSPS) is 14.1. The summed E-state index contributed by atoms with van der Waals surface area (Å²) < 4.78 is 4.95. The summed E-state index contributed by atoms with van der Waals surface area (Å²) in [6.07, 6.45) is 1.69. The summed E-state index contributed by atoms with van der Waals surface area (Å²) in [6, 6.07) is 8.40. The van der Waals surface area contributed by atoms with Gasteiger partial charge in [-0.15, -0.1) is 0 Å². The molecule has 0 saturated heterocycles. The molecule has 0 saturated carbocycles. The SMILES string of the molecule is Bc1ccc(CCC(C)(N)COC(C)=O)cc1. The van der Waals surface area contributed by atoms with Crippen LogP contribution in [0.25, 0.3) is 0 Å². The summed E-state index contributed by atoms with van der Waals surface area (Å²) in [5.74, 6) is -0.281. The van der Waals surface area contributed by atoms with E-state index in [2.05, 4.69) is 32.1 Å². The molecule has 92 valence electrons. The van der Waals surface area contributed by atoms with Crippen LogP contribution in [0.2, 0.25) is 0 Å². The molecule has 1 aromatic rings. The molecule has 0 spiro atoms. The molecule has 0 aromatic heterocycles. The van der Waals surface area contributed by atoms with Gasteiger partial charge in [0.1, 0.15) is 14.5 Å². The van der Waals surface area contributed by atoms with Crippen LogP contribution in [0.5, 0.6) is 0 Å². The molecule has 1 rings (SSSR count). The van der Waals surface area contributed by atoms with Gasteiger partial charge < -0.3 is 10.5 Å². The van der Waals surface area contributed by atoms with Gasteiger partial charge in [0.15, 0.2) is 0 Å². The molecule has 4 heteroatoms. The number of nitrogens with two attached hydrogens (primary N) is 1. The summed E-state index contributed by atoms with van der Waals surface area (Å²) in [5, 5.41) is 0. The third-order valence-electron chi connectivity index (χ3n) is 2.71. The fourth-order valence-electron chi connectivity index (χ4n) is 1.52. The topological polar surface area (TPSA) is 52.3 Å². The van der Waals surface area contributed by atoms with Crippen molar-refractivity contribution in [2.45, 2.75) is 32.2 Å². The van der Waals surface area contributed by atoms with Crippen molar-refractivity contribution in [2.24, 2.45) is 5.73 Å². The second kappa shape index (κ2) is 5.87. The Morgan fingerprint density at radius 1 is 1.41 bits per heavy atom. The van der Waals surface area contributed by atoms with Crippen molar-refractivity contribution in [1.82, 2.24) is 0 Å². The van der Waals surface area contributed by atoms with Gasteiger partial charge in [-0.25, -0.2) is 0 Å². The molecule has 0 bridgehead atoms. The maximum Gasteiger partial charge on any atom is 0.302 e. The van der Waals surface area contributed by atoms with E-state index in [1.165, 1.54) is 17.9 Å². The molecule has 1 aromatic carbocycles. The summed E-state index contributed by atoms with van der Waals surface area (Å²) >= 11 is 0. The van der Waals surface area contributed by atoms with Crippen molar-refractivity contribution in [2.75, 3.05) is 6.61 Å². The molecular weight excluding hydrogens is 213 g/mol. The Labute approximate surface area is 104 Å². The smallest absolute Gasteiger partial charge is 0.302 e. The standard InChI is InChI=1S/C13H20BNO2/c1-10(16)17-9-13(2,15)8-7-11-3-5-12(14)6-4-11/h3-6H,7-9,14-15H2,1-2H3. The quantitative estimate of drug-likeness (QED) is 0.582. The maximum absolute atomic E-state index is 10.7. The van der Waals surface area contributed by atoms with Gasteiger partial charge >= 0.3 is 5.97 Å². The van der Waals surface area contributed by atoms with Crippen LogP contribution in [0, 0.1) is 0 Å². The zero-order valence-corrected chi connectivity index (χ0v) is 10.8. The van der Waals surface area contributed by atoms with Crippen LogP contribution in [-0.2, 0) is 16.0 Å². The molecule has 1 atom stereocenters. The highest BCUT2D eigenvalue weighted by Crippen LogP contribution is 2.11. The molecule has 0 aliphatic heterocycles. The monoisotopic (exact) mass is 233 g/mol. The first-order valence-electron chi connectivity index (χ1n) is 5.87. The van der Waals surface area contributed by atoms with E-state index in [1.807, 2.05) is 6.92 Å². The number of ether oxygens (including phenoxy) is 1. The second-order valence-electron chi connectivity index (χ2n) is 4.92. The minimum absolute atomic E-state index is 0.272. The third-order valence-corrected chi connectivity index (χ3v) is 2.71. The van der Waals surface area contributed by atoms with E-state index < -0.39 is 5.54 Å². The van der Waals surface area contributed by atoms with E-state index in [0.29, 0.717) is 0 Å². The third kappa shape index (κ3) is 5.54. The Kier molecular flexibility index (Phi) is 4.76. The molecule has 3 nitrogen and oxygen atoms in total. The summed E-state index contributed by atoms with van der Waals surface area (Å²) in [4.78, 5) is 10.7. The molecule has 0 fully saturated rings. The van der Waals surface area contributed by atoms with Crippen molar-refractivity contribution < 1.29 is 9.53 Å². The van der Waals surface area contributed by atoms with E-state index in [0.717, 1.165) is 12.8 Å². The van der Waals surface area contributed by atoms with Crippen LogP contribution in [0.3, 0.4) is 0 Å². The number of rotatable bonds is 5. The minimum atomic E-state index is -0.462. The van der Waals surface area contributed by atoms with Gasteiger partial charge in [0.05, 0.1) is 0 Å². The van der Waals surface area contributed by atoms with Gasteiger partial charge in [-0.2, -0.15) is 0 Å². The minimum Gasteiger partial charge on any atom is -0.464 e. The average Bonchev–Trinajstić information content (AvgIpc) is 2.26. The van der Waals surface area contributed by atoms with E-state index >= 15 is 0 Å². The molecular formula is C13H20BNO2. The van der Waals surface area contributed by atoms with Gasteiger partial charge in [-0.3, -0.25) is 4.79 Å². The zero-order chi connectivity index (χ0) is 12.9. The molecule has 1 unspecified atom stereocenters. The highest BCUT2D eigenvalue weighted by molar-refractivity contribution is 6.32. The molecule has 0 aliphatic rings. The van der Waals surface area contributed by atoms with Crippen molar-refractivity contribution in [3.8, 4) is 0 Å². The Bertz CT molecular complexity index is 374. The van der Waals surface area contributed by atoms with Gasteiger partial charge in [-0.1, -0.05) is 29.7 Å². The lowest BCUT2D eigenvalue weighted by molar-refractivity contribution is -0.142. The average molecular weight is 233 g/mol. The fraction of sp³-hybridized carbons (Fsp3) is 0.462. The lowest BCUT2D eigenvalue weighted by Gasteiger charge is -2.23.